The Labute approximate surface area is 145 Å². The summed E-state index contributed by atoms with van der Waals surface area (Å²) in [5.41, 5.74) is 0. The van der Waals surface area contributed by atoms with Gasteiger partial charge in [-0.2, -0.15) is 0 Å². The number of furan rings is 1. The number of carbonyl (C=O) groups is 1. The van der Waals surface area contributed by atoms with Crippen LogP contribution >= 0.6 is 23.1 Å². The summed E-state index contributed by atoms with van der Waals surface area (Å²) in [6.07, 6.45) is 3.92. The molecule has 0 aliphatic heterocycles. The number of thioether (sulfide) groups is 1. The first-order chi connectivity index (χ1) is 11.7. The molecule has 3 aromatic heterocycles. The average molecular weight is 362 g/mol. The van der Waals surface area contributed by atoms with Crippen LogP contribution in [0.15, 0.2) is 28.0 Å². The van der Waals surface area contributed by atoms with Gasteiger partial charge in [0.15, 0.2) is 16.7 Å². The van der Waals surface area contributed by atoms with E-state index in [1.165, 1.54) is 35.9 Å². The minimum atomic E-state index is -0.138. The van der Waals surface area contributed by atoms with Gasteiger partial charge < -0.3 is 8.98 Å². The lowest BCUT2D eigenvalue weighted by Gasteiger charge is -2.02. The number of nitrogens with one attached hydrogen (secondary N) is 1. The molecule has 1 saturated carbocycles. The van der Waals surface area contributed by atoms with Crippen LogP contribution in [0.4, 0.5) is 5.13 Å². The lowest BCUT2D eigenvalue weighted by atomic mass is 10.4. The monoisotopic (exact) mass is 362 g/mol. The van der Waals surface area contributed by atoms with Crippen LogP contribution in [-0.4, -0.2) is 36.6 Å². The lowest BCUT2D eigenvalue weighted by Crippen LogP contribution is -2.14. The molecule has 0 spiro atoms. The molecule has 1 N–H and O–H groups in total. The first kappa shape index (κ1) is 15.3. The van der Waals surface area contributed by atoms with Crippen LogP contribution < -0.4 is 5.32 Å². The zero-order valence-electron chi connectivity index (χ0n) is 12.8. The van der Waals surface area contributed by atoms with Crippen LogP contribution in [0.2, 0.25) is 0 Å². The van der Waals surface area contributed by atoms with Gasteiger partial charge in [-0.25, -0.2) is 0 Å². The van der Waals surface area contributed by atoms with E-state index in [2.05, 4.69) is 25.7 Å². The summed E-state index contributed by atoms with van der Waals surface area (Å²) in [4.78, 5) is 12.1. The van der Waals surface area contributed by atoms with Crippen molar-refractivity contribution in [2.45, 2.75) is 23.9 Å². The quantitative estimate of drug-likeness (QED) is 0.673. The van der Waals surface area contributed by atoms with E-state index in [4.69, 9.17) is 4.42 Å². The van der Waals surface area contributed by atoms with E-state index < -0.39 is 0 Å². The molecular weight excluding hydrogens is 348 g/mol. The topological polar surface area (TPSA) is 98.7 Å². The maximum Gasteiger partial charge on any atom is 0.236 e. The minimum Gasteiger partial charge on any atom is -0.461 e. The third-order valence-electron chi connectivity index (χ3n) is 3.52. The van der Waals surface area contributed by atoms with Crippen molar-refractivity contribution in [3.05, 3.63) is 23.4 Å². The minimum absolute atomic E-state index is 0.138. The Kier molecular flexibility index (Phi) is 4.07. The molecule has 10 heteroatoms. The van der Waals surface area contributed by atoms with E-state index in [1.807, 2.05) is 13.1 Å². The van der Waals surface area contributed by atoms with Gasteiger partial charge in [-0.05, 0) is 25.0 Å². The van der Waals surface area contributed by atoms with Crippen molar-refractivity contribution in [2.24, 2.45) is 7.05 Å². The number of hydrogen-bond donors (Lipinski definition) is 1. The molecule has 8 nitrogen and oxygen atoms in total. The van der Waals surface area contributed by atoms with Gasteiger partial charge in [-0.3, -0.25) is 10.1 Å². The lowest BCUT2D eigenvalue weighted by molar-refractivity contribution is -0.113. The zero-order valence-corrected chi connectivity index (χ0v) is 14.4. The molecule has 1 aliphatic carbocycles. The highest BCUT2D eigenvalue weighted by molar-refractivity contribution is 7.99. The van der Waals surface area contributed by atoms with Crippen molar-refractivity contribution in [3.63, 3.8) is 0 Å². The Morgan fingerprint density at radius 2 is 2.29 bits per heavy atom. The Balaban J connectivity index is 1.35. The van der Waals surface area contributed by atoms with Gasteiger partial charge in [-0.15, -0.1) is 20.4 Å². The predicted molar refractivity (Wildman–Crippen MR) is 89.9 cm³/mol. The maximum atomic E-state index is 12.1. The largest absolute Gasteiger partial charge is 0.461 e. The van der Waals surface area contributed by atoms with Crippen molar-refractivity contribution in [2.75, 3.05) is 11.1 Å². The fraction of sp³-hybridized carbons (Fsp3) is 0.357. The number of aromatic nitrogens is 5. The molecule has 1 amide bonds. The van der Waals surface area contributed by atoms with Gasteiger partial charge >= 0.3 is 0 Å². The smallest absolute Gasteiger partial charge is 0.236 e. The zero-order chi connectivity index (χ0) is 16.5. The number of hydrogen-bond acceptors (Lipinski definition) is 8. The molecular formula is C14H14N6O2S2. The molecule has 124 valence electrons. The first-order valence-corrected chi connectivity index (χ1v) is 9.20. The fourth-order valence-corrected chi connectivity index (χ4v) is 3.77. The Morgan fingerprint density at radius 1 is 1.42 bits per heavy atom. The van der Waals surface area contributed by atoms with Crippen LogP contribution in [-0.2, 0) is 11.8 Å². The highest BCUT2D eigenvalue weighted by Crippen LogP contribution is 2.42. The molecule has 24 heavy (non-hydrogen) atoms. The summed E-state index contributed by atoms with van der Waals surface area (Å²) >= 11 is 2.76. The van der Waals surface area contributed by atoms with Crippen LogP contribution in [0.5, 0.6) is 0 Å². The van der Waals surface area contributed by atoms with E-state index in [0.29, 0.717) is 27.8 Å². The summed E-state index contributed by atoms with van der Waals surface area (Å²) in [7, 11) is 1.84. The molecule has 0 atom stereocenters. The van der Waals surface area contributed by atoms with E-state index >= 15 is 0 Å². The van der Waals surface area contributed by atoms with Gasteiger partial charge in [0.1, 0.15) is 5.01 Å². The van der Waals surface area contributed by atoms with Crippen LogP contribution in [0.3, 0.4) is 0 Å². The van der Waals surface area contributed by atoms with Crippen molar-refractivity contribution < 1.29 is 9.21 Å². The maximum absolute atomic E-state index is 12.1. The van der Waals surface area contributed by atoms with Crippen LogP contribution in [0.1, 0.15) is 23.8 Å². The van der Waals surface area contributed by atoms with Crippen LogP contribution in [0, 0.1) is 0 Å². The van der Waals surface area contributed by atoms with E-state index in [-0.39, 0.29) is 11.7 Å². The van der Waals surface area contributed by atoms with E-state index in [1.54, 1.807) is 16.9 Å². The summed E-state index contributed by atoms with van der Waals surface area (Å²) in [5.74, 6) is 1.90. The van der Waals surface area contributed by atoms with Gasteiger partial charge in [0.25, 0.3) is 0 Å². The highest BCUT2D eigenvalue weighted by Gasteiger charge is 2.27. The third-order valence-corrected chi connectivity index (χ3v) is 5.54. The molecule has 1 aliphatic rings. The van der Waals surface area contributed by atoms with Crippen molar-refractivity contribution in [3.8, 4) is 11.6 Å². The standard InChI is InChI=1S/C14H14N6O2S2/c1-20-11(9-3-2-6-22-9)16-19-14(20)23-7-10(21)15-13-18-17-12(24-13)8-4-5-8/h2-3,6,8H,4-5,7H2,1H3,(H,15,18,21). The molecule has 3 aromatic rings. The van der Waals surface area contributed by atoms with Gasteiger partial charge in [0.05, 0.1) is 12.0 Å². The second-order valence-electron chi connectivity index (χ2n) is 5.40. The van der Waals surface area contributed by atoms with Gasteiger partial charge in [-0.1, -0.05) is 23.1 Å². The first-order valence-electron chi connectivity index (χ1n) is 7.40. The molecule has 0 radical (unpaired) electrons. The normalized spacial score (nSPS) is 14.0. The summed E-state index contributed by atoms with van der Waals surface area (Å²) in [6.45, 7) is 0. The molecule has 3 heterocycles. The van der Waals surface area contributed by atoms with E-state index in [9.17, 15) is 4.79 Å². The molecule has 0 saturated heterocycles. The van der Waals surface area contributed by atoms with Gasteiger partial charge in [0.2, 0.25) is 11.0 Å². The number of anilines is 1. The van der Waals surface area contributed by atoms with E-state index in [0.717, 1.165) is 5.01 Å². The molecule has 0 unspecified atom stereocenters. The Morgan fingerprint density at radius 3 is 3.04 bits per heavy atom. The van der Waals surface area contributed by atoms with Crippen molar-refractivity contribution >= 4 is 34.1 Å². The summed E-state index contributed by atoms with van der Waals surface area (Å²) in [6, 6.07) is 3.61. The Bertz CT molecular complexity index is 853. The van der Waals surface area contributed by atoms with Crippen LogP contribution in [0.25, 0.3) is 11.6 Å². The summed E-state index contributed by atoms with van der Waals surface area (Å²) in [5, 5.41) is 21.3. The highest BCUT2D eigenvalue weighted by atomic mass is 32.2. The average Bonchev–Trinajstić information content (AvgIpc) is 2.98. The number of amides is 1. The molecule has 0 bridgehead atoms. The SMILES string of the molecule is Cn1c(SCC(=O)Nc2nnc(C3CC3)s2)nnc1-c1ccco1. The summed E-state index contributed by atoms with van der Waals surface area (Å²) < 4.78 is 7.12. The number of nitrogens with zero attached hydrogens (tertiary/aromatic N) is 5. The Hall–Kier alpha value is -2.20. The number of carbonyl (C=O) groups excluding carboxylic acids is 1. The fourth-order valence-electron chi connectivity index (χ4n) is 2.13. The second-order valence-corrected chi connectivity index (χ2v) is 7.35. The van der Waals surface area contributed by atoms with Crippen molar-refractivity contribution in [1.82, 2.24) is 25.0 Å². The molecule has 1 fully saturated rings. The number of rotatable bonds is 6. The second kappa shape index (κ2) is 6.36. The third kappa shape index (κ3) is 3.20. The molecule has 0 aromatic carbocycles. The molecule has 4 rings (SSSR count). The van der Waals surface area contributed by atoms with Gasteiger partial charge in [0, 0.05) is 13.0 Å². The van der Waals surface area contributed by atoms with Crippen molar-refractivity contribution in [1.29, 1.82) is 0 Å². The predicted octanol–water partition coefficient (Wildman–Crippen LogP) is 2.53.